The highest BCUT2D eigenvalue weighted by Crippen LogP contribution is 2.22. The van der Waals surface area contributed by atoms with Crippen LogP contribution in [0.15, 0.2) is 12.1 Å². The molecule has 6 heteroatoms. The first-order chi connectivity index (χ1) is 9.24. The molecule has 112 valence electrons. The second kappa shape index (κ2) is 6.83. The molecule has 0 aliphatic heterocycles. The van der Waals surface area contributed by atoms with E-state index in [-0.39, 0.29) is 11.3 Å². The third-order valence-corrected chi connectivity index (χ3v) is 4.12. The number of amides is 1. The Bertz CT molecular complexity index is 510. The Labute approximate surface area is 122 Å². The molecule has 1 unspecified atom stereocenters. The minimum absolute atomic E-state index is 0.173. The molecule has 0 radical (unpaired) electrons. The largest absolute Gasteiger partial charge is 0.384 e. The summed E-state index contributed by atoms with van der Waals surface area (Å²) in [7, 11) is -0.874. The van der Waals surface area contributed by atoms with Gasteiger partial charge in [-0.25, -0.2) is 4.98 Å². The lowest BCUT2D eigenvalue weighted by Crippen LogP contribution is -2.28. The highest BCUT2D eigenvalue weighted by Gasteiger charge is 2.18. The summed E-state index contributed by atoms with van der Waals surface area (Å²) in [4.78, 5) is 16.3. The molecule has 0 bridgehead atoms. The van der Waals surface area contributed by atoms with Crippen LogP contribution in [0.3, 0.4) is 0 Å². The Morgan fingerprint density at radius 3 is 2.60 bits per heavy atom. The topological polar surface area (TPSA) is 85.1 Å². The maximum Gasteiger partial charge on any atom is 0.251 e. The first-order valence-corrected chi connectivity index (χ1v) is 8.14. The summed E-state index contributed by atoms with van der Waals surface area (Å²) in [6.45, 7) is 8.30. The number of anilines is 1. The standard InChI is InChI=1S/C14H23N3O2S/c1-5-20(19)7-6-16-13(18)10-8-11(14(2,3)4)17-12(15)9-10/h8-9H,5-7H2,1-4H3,(H2,15,17)(H,16,18). The molecule has 0 fully saturated rings. The minimum Gasteiger partial charge on any atom is -0.384 e. The van der Waals surface area contributed by atoms with Crippen molar-refractivity contribution < 1.29 is 9.00 Å². The molecular weight excluding hydrogens is 274 g/mol. The summed E-state index contributed by atoms with van der Waals surface area (Å²) in [5.74, 6) is 1.19. The molecule has 1 rings (SSSR count). The number of nitrogens with zero attached hydrogens (tertiary/aromatic N) is 1. The molecule has 1 amide bonds. The van der Waals surface area contributed by atoms with Gasteiger partial charge in [-0.05, 0) is 12.1 Å². The molecule has 1 atom stereocenters. The molecular formula is C14H23N3O2S. The van der Waals surface area contributed by atoms with Gasteiger partial charge in [0, 0.05) is 45.5 Å². The van der Waals surface area contributed by atoms with Crippen molar-refractivity contribution in [1.82, 2.24) is 10.3 Å². The molecule has 0 saturated carbocycles. The van der Waals surface area contributed by atoms with Crippen molar-refractivity contribution >= 4 is 22.5 Å². The first kappa shape index (κ1) is 16.6. The zero-order valence-corrected chi connectivity index (χ0v) is 13.3. The Morgan fingerprint density at radius 2 is 2.05 bits per heavy atom. The second-order valence-corrected chi connectivity index (χ2v) is 7.47. The van der Waals surface area contributed by atoms with E-state index in [0.29, 0.717) is 29.4 Å². The molecule has 20 heavy (non-hydrogen) atoms. The van der Waals surface area contributed by atoms with E-state index in [1.165, 1.54) is 0 Å². The fourth-order valence-electron chi connectivity index (χ4n) is 1.59. The van der Waals surface area contributed by atoms with Gasteiger partial charge < -0.3 is 11.1 Å². The van der Waals surface area contributed by atoms with Crippen LogP contribution in [0, 0.1) is 0 Å². The van der Waals surface area contributed by atoms with Crippen LogP contribution in [0.25, 0.3) is 0 Å². The summed E-state index contributed by atoms with van der Waals surface area (Å²) in [6, 6.07) is 3.31. The van der Waals surface area contributed by atoms with Crippen LogP contribution in [0.4, 0.5) is 5.82 Å². The van der Waals surface area contributed by atoms with Crippen molar-refractivity contribution in [2.75, 3.05) is 23.8 Å². The van der Waals surface area contributed by atoms with Gasteiger partial charge in [0.1, 0.15) is 5.82 Å². The van der Waals surface area contributed by atoms with Gasteiger partial charge in [-0.1, -0.05) is 27.7 Å². The molecule has 0 aliphatic carbocycles. The Morgan fingerprint density at radius 1 is 1.40 bits per heavy atom. The fourth-order valence-corrected chi connectivity index (χ4v) is 2.21. The second-order valence-electron chi connectivity index (χ2n) is 5.60. The molecule has 5 nitrogen and oxygen atoms in total. The van der Waals surface area contributed by atoms with Crippen molar-refractivity contribution in [2.24, 2.45) is 0 Å². The number of rotatable bonds is 5. The van der Waals surface area contributed by atoms with Crippen LogP contribution in [0.1, 0.15) is 43.7 Å². The van der Waals surface area contributed by atoms with Crippen molar-refractivity contribution in [1.29, 1.82) is 0 Å². The van der Waals surface area contributed by atoms with E-state index in [1.807, 2.05) is 27.7 Å². The lowest BCUT2D eigenvalue weighted by atomic mass is 9.90. The highest BCUT2D eigenvalue weighted by atomic mass is 32.2. The summed E-state index contributed by atoms with van der Waals surface area (Å²) < 4.78 is 11.3. The van der Waals surface area contributed by atoms with E-state index < -0.39 is 10.8 Å². The molecule has 0 saturated heterocycles. The van der Waals surface area contributed by atoms with Crippen LogP contribution < -0.4 is 11.1 Å². The average Bonchev–Trinajstić information content (AvgIpc) is 2.36. The van der Waals surface area contributed by atoms with Gasteiger partial charge in [-0.3, -0.25) is 9.00 Å². The van der Waals surface area contributed by atoms with Crippen LogP contribution >= 0.6 is 0 Å². The Balaban J connectivity index is 2.78. The van der Waals surface area contributed by atoms with E-state index >= 15 is 0 Å². The van der Waals surface area contributed by atoms with E-state index in [9.17, 15) is 9.00 Å². The number of hydrogen-bond acceptors (Lipinski definition) is 4. The normalized spacial score (nSPS) is 13.0. The van der Waals surface area contributed by atoms with Gasteiger partial charge in [0.05, 0.1) is 0 Å². The lowest BCUT2D eigenvalue weighted by molar-refractivity contribution is 0.0956. The number of carbonyl (C=O) groups excluding carboxylic acids is 1. The summed E-state index contributed by atoms with van der Waals surface area (Å²) >= 11 is 0. The summed E-state index contributed by atoms with van der Waals surface area (Å²) in [5, 5.41) is 2.75. The van der Waals surface area contributed by atoms with Crippen molar-refractivity contribution in [2.45, 2.75) is 33.1 Å². The van der Waals surface area contributed by atoms with Gasteiger partial charge >= 0.3 is 0 Å². The van der Waals surface area contributed by atoms with Gasteiger partial charge in [0.2, 0.25) is 0 Å². The number of nitrogen functional groups attached to an aromatic ring is 1. The van der Waals surface area contributed by atoms with Crippen molar-refractivity contribution in [3.63, 3.8) is 0 Å². The maximum atomic E-state index is 12.1. The van der Waals surface area contributed by atoms with Gasteiger partial charge in [-0.15, -0.1) is 0 Å². The summed E-state index contributed by atoms with van der Waals surface area (Å²) in [5.41, 5.74) is 6.85. The number of pyridine rings is 1. The van der Waals surface area contributed by atoms with Gasteiger partial charge in [0.15, 0.2) is 0 Å². The predicted molar refractivity (Wildman–Crippen MR) is 83.2 cm³/mol. The number of hydrogen-bond donors (Lipinski definition) is 2. The number of nitrogens with two attached hydrogens (primary N) is 1. The van der Waals surface area contributed by atoms with E-state index in [4.69, 9.17) is 5.73 Å². The van der Waals surface area contributed by atoms with Crippen molar-refractivity contribution in [3.05, 3.63) is 23.4 Å². The van der Waals surface area contributed by atoms with Crippen LogP contribution in [0.5, 0.6) is 0 Å². The first-order valence-electron chi connectivity index (χ1n) is 6.65. The minimum atomic E-state index is -0.874. The van der Waals surface area contributed by atoms with Gasteiger partial charge in [-0.2, -0.15) is 0 Å². The average molecular weight is 297 g/mol. The zero-order valence-electron chi connectivity index (χ0n) is 12.5. The van der Waals surface area contributed by atoms with Crippen LogP contribution in [-0.4, -0.2) is 33.2 Å². The maximum absolute atomic E-state index is 12.1. The molecule has 1 aromatic heterocycles. The molecule has 0 aliphatic rings. The summed E-state index contributed by atoms with van der Waals surface area (Å²) in [6.07, 6.45) is 0. The molecule has 1 aromatic rings. The molecule has 0 aromatic carbocycles. The molecule has 3 N–H and O–H groups in total. The smallest absolute Gasteiger partial charge is 0.251 e. The third kappa shape index (κ3) is 4.92. The fraction of sp³-hybridized carbons (Fsp3) is 0.571. The number of carbonyl (C=O) groups is 1. The van der Waals surface area contributed by atoms with E-state index in [2.05, 4.69) is 10.3 Å². The Kier molecular flexibility index (Phi) is 5.68. The molecule has 0 spiro atoms. The monoisotopic (exact) mass is 297 g/mol. The van der Waals surface area contributed by atoms with Crippen LogP contribution in [-0.2, 0) is 16.2 Å². The predicted octanol–water partition coefficient (Wildman–Crippen LogP) is 1.46. The molecule has 1 heterocycles. The lowest BCUT2D eigenvalue weighted by Gasteiger charge is -2.19. The highest BCUT2D eigenvalue weighted by molar-refractivity contribution is 7.84. The Hall–Kier alpha value is -1.43. The van der Waals surface area contributed by atoms with E-state index in [1.54, 1.807) is 12.1 Å². The zero-order chi connectivity index (χ0) is 15.3. The van der Waals surface area contributed by atoms with E-state index in [0.717, 1.165) is 5.69 Å². The number of aromatic nitrogens is 1. The quantitative estimate of drug-likeness (QED) is 0.861. The van der Waals surface area contributed by atoms with Crippen molar-refractivity contribution in [3.8, 4) is 0 Å². The SMILES string of the molecule is CCS(=O)CCNC(=O)c1cc(N)nc(C(C)(C)C)c1. The van der Waals surface area contributed by atoms with Gasteiger partial charge in [0.25, 0.3) is 5.91 Å². The number of nitrogens with one attached hydrogen (secondary N) is 1. The van der Waals surface area contributed by atoms with Crippen LogP contribution in [0.2, 0.25) is 0 Å². The third-order valence-electron chi connectivity index (χ3n) is 2.81.